The molecule has 9 nitrogen and oxygen atoms in total. The average Bonchev–Trinajstić information content (AvgIpc) is 3.02. The molecule has 0 saturated heterocycles. The number of ether oxygens (including phenoxy) is 4. The summed E-state index contributed by atoms with van der Waals surface area (Å²) in [5, 5.41) is 4.89. The first-order valence-electron chi connectivity index (χ1n) is 13.6. The normalized spacial score (nSPS) is 10.7. The van der Waals surface area contributed by atoms with Gasteiger partial charge in [0.25, 0.3) is 5.91 Å². The highest BCUT2D eigenvalue weighted by Crippen LogP contribution is 2.26. The van der Waals surface area contributed by atoms with Crippen molar-refractivity contribution in [2.24, 2.45) is 5.10 Å². The third-order valence-corrected chi connectivity index (χ3v) is 6.42. The van der Waals surface area contributed by atoms with Crippen LogP contribution in [-0.4, -0.2) is 37.3 Å². The first kappa shape index (κ1) is 32.1. The number of hydrazone groups is 1. The van der Waals surface area contributed by atoms with Crippen LogP contribution in [0.4, 0.5) is 0 Å². The van der Waals surface area contributed by atoms with E-state index in [1.54, 1.807) is 48.5 Å². The molecule has 0 saturated carbocycles. The maximum atomic E-state index is 12.8. The van der Waals surface area contributed by atoms with Gasteiger partial charge in [-0.3, -0.25) is 4.79 Å². The lowest BCUT2D eigenvalue weighted by Gasteiger charge is -2.11. The average molecular weight is 636 g/mol. The van der Waals surface area contributed by atoms with Crippen molar-refractivity contribution >= 4 is 47.3 Å². The molecule has 0 atom stereocenters. The zero-order valence-electron chi connectivity index (χ0n) is 23.6. The van der Waals surface area contributed by atoms with Crippen molar-refractivity contribution in [3.63, 3.8) is 0 Å². The SMILES string of the molecule is CCCCOc1ccc(OCC(=O)N/N=C\c2ccc(OC(=O)c3ccc(Cl)cc3)cc2OC(=O)c2ccc(Cl)cc2)cc1. The van der Waals surface area contributed by atoms with Crippen LogP contribution >= 0.6 is 23.2 Å². The number of halogens is 2. The maximum absolute atomic E-state index is 12.8. The minimum absolute atomic E-state index is 0.0295. The minimum Gasteiger partial charge on any atom is -0.494 e. The van der Waals surface area contributed by atoms with Gasteiger partial charge in [0.2, 0.25) is 0 Å². The third-order valence-electron chi connectivity index (χ3n) is 5.91. The molecule has 0 aliphatic carbocycles. The molecule has 0 aromatic heterocycles. The Kier molecular flexibility index (Phi) is 11.7. The Morgan fingerprint density at radius 3 is 1.86 bits per heavy atom. The van der Waals surface area contributed by atoms with E-state index in [-0.39, 0.29) is 29.2 Å². The van der Waals surface area contributed by atoms with Gasteiger partial charge in [-0.05, 0) is 91.3 Å². The standard InChI is InChI=1S/C33H28Cl2N2O7/c1-2-3-18-41-27-14-16-28(17-15-27)42-21-31(38)37-36-20-24-8-13-29(43-32(39)22-4-9-25(34)10-5-22)19-30(24)44-33(40)23-6-11-26(35)12-7-23/h4-17,19-20H,2-3,18,21H2,1H3,(H,37,38)/b36-20-. The van der Waals surface area contributed by atoms with Crippen molar-refractivity contribution < 1.29 is 33.3 Å². The number of carbonyl (C=O) groups excluding carboxylic acids is 3. The summed E-state index contributed by atoms with van der Waals surface area (Å²) in [6.07, 6.45) is 3.29. The highest BCUT2D eigenvalue weighted by Gasteiger charge is 2.15. The molecule has 11 heteroatoms. The number of esters is 2. The topological polar surface area (TPSA) is 113 Å². The molecule has 0 spiro atoms. The van der Waals surface area contributed by atoms with E-state index < -0.39 is 17.8 Å². The van der Waals surface area contributed by atoms with Crippen molar-refractivity contribution in [3.8, 4) is 23.0 Å². The van der Waals surface area contributed by atoms with Gasteiger partial charge in [-0.15, -0.1) is 0 Å². The van der Waals surface area contributed by atoms with Gasteiger partial charge >= 0.3 is 11.9 Å². The number of amides is 1. The lowest BCUT2D eigenvalue weighted by Crippen LogP contribution is -2.24. The van der Waals surface area contributed by atoms with Crippen LogP contribution in [0.25, 0.3) is 0 Å². The van der Waals surface area contributed by atoms with Crippen molar-refractivity contribution in [1.82, 2.24) is 5.43 Å². The van der Waals surface area contributed by atoms with Crippen LogP contribution in [0.3, 0.4) is 0 Å². The Hall–Kier alpha value is -4.86. The largest absolute Gasteiger partial charge is 0.494 e. The predicted molar refractivity (Wildman–Crippen MR) is 167 cm³/mol. The predicted octanol–water partition coefficient (Wildman–Crippen LogP) is 7.14. The second kappa shape index (κ2) is 16.1. The van der Waals surface area contributed by atoms with Gasteiger partial charge in [-0.1, -0.05) is 36.5 Å². The van der Waals surface area contributed by atoms with Crippen LogP contribution in [0.15, 0.2) is 96.1 Å². The van der Waals surface area contributed by atoms with E-state index in [4.69, 9.17) is 42.1 Å². The molecule has 4 aromatic carbocycles. The van der Waals surface area contributed by atoms with Gasteiger partial charge in [0.1, 0.15) is 23.0 Å². The van der Waals surface area contributed by atoms with Crippen molar-refractivity contribution in [2.75, 3.05) is 13.2 Å². The van der Waals surface area contributed by atoms with E-state index in [0.29, 0.717) is 28.0 Å². The summed E-state index contributed by atoms with van der Waals surface area (Å²) in [5.41, 5.74) is 3.21. The van der Waals surface area contributed by atoms with E-state index in [1.807, 2.05) is 0 Å². The van der Waals surface area contributed by atoms with Gasteiger partial charge in [-0.25, -0.2) is 15.0 Å². The third kappa shape index (κ3) is 9.86. The number of nitrogens with zero attached hydrogens (tertiary/aromatic N) is 1. The fraction of sp³-hybridized carbons (Fsp3) is 0.152. The molecule has 1 N–H and O–H groups in total. The summed E-state index contributed by atoms with van der Waals surface area (Å²) in [4.78, 5) is 37.7. The molecule has 4 aromatic rings. The monoisotopic (exact) mass is 634 g/mol. The summed E-state index contributed by atoms with van der Waals surface area (Å²) in [7, 11) is 0. The van der Waals surface area contributed by atoms with Crippen LogP contribution < -0.4 is 24.4 Å². The number of carbonyl (C=O) groups is 3. The quantitative estimate of drug-likeness (QED) is 0.0547. The van der Waals surface area contributed by atoms with Crippen LogP contribution in [0, 0.1) is 0 Å². The van der Waals surface area contributed by atoms with E-state index >= 15 is 0 Å². The number of nitrogens with one attached hydrogen (secondary N) is 1. The van der Waals surface area contributed by atoms with E-state index in [9.17, 15) is 14.4 Å². The molecule has 0 radical (unpaired) electrons. The van der Waals surface area contributed by atoms with Gasteiger partial charge in [0.05, 0.1) is 23.9 Å². The Bertz CT molecular complexity index is 1610. The summed E-state index contributed by atoms with van der Waals surface area (Å²) in [5.74, 6) is -0.481. The molecule has 1 amide bonds. The molecule has 4 rings (SSSR count). The summed E-state index contributed by atoms with van der Waals surface area (Å²) >= 11 is 11.8. The van der Waals surface area contributed by atoms with Gasteiger partial charge in [0.15, 0.2) is 6.61 Å². The highest BCUT2D eigenvalue weighted by molar-refractivity contribution is 6.31. The Labute approximate surface area is 264 Å². The van der Waals surface area contributed by atoms with Crippen molar-refractivity contribution in [1.29, 1.82) is 0 Å². The lowest BCUT2D eigenvalue weighted by atomic mass is 10.2. The second-order valence-corrected chi connectivity index (χ2v) is 10.1. The van der Waals surface area contributed by atoms with Gasteiger partial charge < -0.3 is 18.9 Å². The van der Waals surface area contributed by atoms with Crippen LogP contribution in [-0.2, 0) is 4.79 Å². The summed E-state index contributed by atoms with van der Waals surface area (Å²) < 4.78 is 22.2. The fourth-order valence-electron chi connectivity index (χ4n) is 3.59. The van der Waals surface area contributed by atoms with Crippen molar-refractivity contribution in [3.05, 3.63) is 118 Å². The van der Waals surface area contributed by atoms with Gasteiger partial charge in [0, 0.05) is 21.7 Å². The number of benzene rings is 4. The van der Waals surface area contributed by atoms with Crippen LogP contribution in [0.5, 0.6) is 23.0 Å². The Balaban J connectivity index is 1.41. The lowest BCUT2D eigenvalue weighted by molar-refractivity contribution is -0.123. The smallest absolute Gasteiger partial charge is 0.343 e. The summed E-state index contributed by atoms with van der Waals surface area (Å²) in [6, 6.07) is 23.6. The molecule has 44 heavy (non-hydrogen) atoms. The molecule has 226 valence electrons. The molecule has 0 aliphatic rings. The first-order chi connectivity index (χ1) is 21.3. The highest BCUT2D eigenvalue weighted by atomic mass is 35.5. The van der Waals surface area contributed by atoms with Crippen LogP contribution in [0.1, 0.15) is 46.0 Å². The second-order valence-electron chi connectivity index (χ2n) is 9.25. The minimum atomic E-state index is -0.684. The molecule has 0 heterocycles. The summed E-state index contributed by atoms with van der Waals surface area (Å²) in [6.45, 7) is 2.44. The molecular weight excluding hydrogens is 607 g/mol. The fourth-order valence-corrected chi connectivity index (χ4v) is 3.84. The maximum Gasteiger partial charge on any atom is 0.343 e. The van der Waals surface area contributed by atoms with Gasteiger partial charge in [-0.2, -0.15) is 5.10 Å². The molecular formula is C33H28Cl2N2O7. The van der Waals surface area contributed by atoms with E-state index in [0.717, 1.165) is 18.6 Å². The molecule has 0 bridgehead atoms. The molecule has 0 fully saturated rings. The molecule has 0 aliphatic heterocycles. The Morgan fingerprint density at radius 1 is 0.727 bits per heavy atom. The number of rotatable bonds is 13. The number of hydrogen-bond donors (Lipinski definition) is 1. The zero-order valence-corrected chi connectivity index (χ0v) is 25.1. The zero-order chi connectivity index (χ0) is 31.3. The van der Waals surface area contributed by atoms with E-state index in [1.165, 1.54) is 48.7 Å². The Morgan fingerprint density at radius 2 is 1.27 bits per heavy atom. The van der Waals surface area contributed by atoms with Crippen LogP contribution in [0.2, 0.25) is 10.0 Å². The number of hydrogen-bond acceptors (Lipinski definition) is 8. The molecule has 0 unspecified atom stereocenters. The van der Waals surface area contributed by atoms with E-state index in [2.05, 4.69) is 17.5 Å². The number of unbranched alkanes of at least 4 members (excludes halogenated alkanes) is 1. The first-order valence-corrected chi connectivity index (χ1v) is 14.3. The van der Waals surface area contributed by atoms with Crippen molar-refractivity contribution in [2.45, 2.75) is 19.8 Å².